The molecule has 5 heterocycles. The smallest absolute Gasteiger partial charge is 0.333 e. The summed E-state index contributed by atoms with van der Waals surface area (Å²) in [7, 11) is 0. The first-order chi connectivity index (χ1) is 23.5. The fourth-order valence-corrected chi connectivity index (χ4v) is 11.5. The van der Waals surface area contributed by atoms with Crippen LogP contribution in [-0.4, -0.2) is 5.97 Å². The van der Waals surface area contributed by atoms with Gasteiger partial charge in [-0.2, -0.15) is 0 Å². The van der Waals surface area contributed by atoms with E-state index in [0.717, 1.165) is 17.7 Å². The van der Waals surface area contributed by atoms with Gasteiger partial charge in [-0.05, 0) is 91.6 Å². The first kappa shape index (κ1) is 37.0. The molecular formula is C41H50O2S5. The Labute approximate surface area is 308 Å². The van der Waals surface area contributed by atoms with Gasteiger partial charge in [0.2, 0.25) is 0 Å². The summed E-state index contributed by atoms with van der Waals surface area (Å²) in [4.78, 5) is 24.0. The molecule has 0 amide bonds. The van der Waals surface area contributed by atoms with Gasteiger partial charge in [0.1, 0.15) is 6.61 Å². The van der Waals surface area contributed by atoms with Gasteiger partial charge < -0.3 is 4.74 Å². The van der Waals surface area contributed by atoms with E-state index in [1.54, 1.807) is 18.3 Å². The molecule has 0 spiro atoms. The van der Waals surface area contributed by atoms with Crippen LogP contribution in [0.25, 0.3) is 39.0 Å². The van der Waals surface area contributed by atoms with Crippen molar-refractivity contribution < 1.29 is 9.53 Å². The van der Waals surface area contributed by atoms with Gasteiger partial charge in [-0.25, -0.2) is 4.79 Å². The summed E-state index contributed by atoms with van der Waals surface area (Å²) in [6, 6.07) is 18.4. The number of rotatable bonds is 21. The zero-order valence-corrected chi connectivity index (χ0v) is 33.0. The van der Waals surface area contributed by atoms with E-state index in [-0.39, 0.29) is 5.97 Å². The second-order valence-electron chi connectivity index (χ2n) is 12.7. The van der Waals surface area contributed by atoms with Crippen LogP contribution < -0.4 is 0 Å². The molecular weight excluding hydrogens is 685 g/mol. The molecule has 0 fully saturated rings. The molecule has 0 aliphatic heterocycles. The Morgan fingerprint density at radius 1 is 0.625 bits per heavy atom. The topological polar surface area (TPSA) is 26.3 Å². The number of thiophene rings is 5. The van der Waals surface area contributed by atoms with Crippen molar-refractivity contribution in [1.29, 1.82) is 0 Å². The van der Waals surface area contributed by atoms with E-state index >= 15 is 0 Å². The summed E-state index contributed by atoms with van der Waals surface area (Å²) >= 11 is 9.43. The maximum absolute atomic E-state index is 12.0. The SMILES string of the molecule is C=C(C)C(=O)OCc1ccc(-c2cc(CCCCCCCC)c(-c3ccc(-c4sc(-c5cccs5)cc4CCCCCCCC)s3)s2)s1. The minimum Gasteiger partial charge on any atom is -0.457 e. The van der Waals surface area contributed by atoms with Crippen molar-refractivity contribution >= 4 is 62.7 Å². The number of aryl methyl sites for hydroxylation is 2. The first-order valence-corrected chi connectivity index (χ1v) is 21.9. The highest BCUT2D eigenvalue weighted by Crippen LogP contribution is 2.48. The Morgan fingerprint density at radius 3 is 1.71 bits per heavy atom. The van der Waals surface area contributed by atoms with Gasteiger partial charge in [-0.15, -0.1) is 56.7 Å². The maximum Gasteiger partial charge on any atom is 0.333 e. The fourth-order valence-electron chi connectivity index (χ4n) is 5.93. The zero-order valence-electron chi connectivity index (χ0n) is 28.9. The van der Waals surface area contributed by atoms with Crippen LogP contribution in [0.15, 0.2) is 66.1 Å². The van der Waals surface area contributed by atoms with E-state index in [4.69, 9.17) is 4.74 Å². The summed E-state index contributed by atoms with van der Waals surface area (Å²) in [5, 5.41) is 2.19. The van der Waals surface area contributed by atoms with Crippen LogP contribution in [0, 0.1) is 0 Å². The molecule has 7 heteroatoms. The Balaban J connectivity index is 1.38. The van der Waals surface area contributed by atoms with E-state index in [9.17, 15) is 4.79 Å². The van der Waals surface area contributed by atoms with E-state index in [0.29, 0.717) is 12.2 Å². The molecule has 48 heavy (non-hydrogen) atoms. The van der Waals surface area contributed by atoms with Crippen LogP contribution in [0.3, 0.4) is 0 Å². The zero-order chi connectivity index (χ0) is 33.7. The molecule has 0 bridgehead atoms. The monoisotopic (exact) mass is 734 g/mol. The molecule has 5 rings (SSSR count). The van der Waals surface area contributed by atoms with Crippen LogP contribution in [0.1, 0.15) is 114 Å². The highest BCUT2D eigenvalue weighted by Gasteiger charge is 2.19. The number of ether oxygens (including phenoxy) is 1. The molecule has 0 N–H and O–H groups in total. The van der Waals surface area contributed by atoms with Crippen molar-refractivity contribution in [2.45, 2.75) is 117 Å². The van der Waals surface area contributed by atoms with Crippen molar-refractivity contribution in [3.05, 3.63) is 82.1 Å². The second kappa shape index (κ2) is 19.2. The predicted octanol–water partition coefficient (Wildman–Crippen LogP) is 15.1. The standard InChI is InChI=1S/C41H50O2S5/c1-5-7-9-11-13-15-18-30-26-37(33-20-17-25-44-33)47-39(30)35-23-24-36(46-35)40-31(19-16-14-12-10-8-6-2)27-38(48-40)34-22-21-32(45-34)28-43-41(42)29(3)4/h17,20-27H,3,5-16,18-19,28H2,1-2,4H3. The Bertz CT molecular complexity index is 1710. The van der Waals surface area contributed by atoms with Crippen LogP contribution >= 0.6 is 56.7 Å². The average Bonchev–Trinajstić information content (AvgIpc) is 3.92. The van der Waals surface area contributed by atoms with Gasteiger partial charge in [-0.3, -0.25) is 0 Å². The van der Waals surface area contributed by atoms with E-state index in [1.165, 1.54) is 127 Å². The number of hydrogen-bond acceptors (Lipinski definition) is 7. The fraction of sp³-hybridized carbons (Fsp3) is 0.439. The molecule has 5 aromatic rings. The highest BCUT2D eigenvalue weighted by atomic mass is 32.1. The van der Waals surface area contributed by atoms with Gasteiger partial charge >= 0.3 is 5.97 Å². The largest absolute Gasteiger partial charge is 0.457 e. The lowest BCUT2D eigenvalue weighted by Gasteiger charge is -2.04. The van der Waals surface area contributed by atoms with Gasteiger partial charge in [0.05, 0.1) is 0 Å². The maximum atomic E-state index is 12.0. The number of carbonyl (C=O) groups excluding carboxylic acids is 1. The third kappa shape index (κ3) is 10.4. The van der Waals surface area contributed by atoms with Crippen molar-refractivity contribution in [2.75, 3.05) is 0 Å². The van der Waals surface area contributed by atoms with Crippen LogP contribution in [0.5, 0.6) is 0 Å². The van der Waals surface area contributed by atoms with Crippen molar-refractivity contribution in [3.8, 4) is 39.0 Å². The van der Waals surface area contributed by atoms with Crippen molar-refractivity contribution in [3.63, 3.8) is 0 Å². The Morgan fingerprint density at radius 2 is 1.17 bits per heavy atom. The highest BCUT2D eigenvalue weighted by molar-refractivity contribution is 7.29. The molecule has 0 saturated heterocycles. The summed E-state index contributed by atoms with van der Waals surface area (Å²) in [6.07, 6.45) is 18.0. The number of carbonyl (C=O) groups is 1. The van der Waals surface area contributed by atoms with Gasteiger partial charge in [-0.1, -0.05) is 90.7 Å². The molecule has 0 aliphatic rings. The van der Waals surface area contributed by atoms with Crippen molar-refractivity contribution in [1.82, 2.24) is 0 Å². The van der Waals surface area contributed by atoms with Gasteiger partial charge in [0.15, 0.2) is 0 Å². The predicted molar refractivity (Wildman–Crippen MR) is 216 cm³/mol. The summed E-state index contributed by atoms with van der Waals surface area (Å²) in [6.45, 7) is 10.3. The molecule has 0 radical (unpaired) electrons. The summed E-state index contributed by atoms with van der Waals surface area (Å²) < 4.78 is 5.43. The third-order valence-electron chi connectivity index (χ3n) is 8.63. The minimum absolute atomic E-state index is 0.294. The lowest BCUT2D eigenvalue weighted by Crippen LogP contribution is -2.03. The minimum atomic E-state index is -0.332. The molecule has 0 aliphatic carbocycles. The molecule has 5 aromatic heterocycles. The van der Waals surface area contributed by atoms with Crippen LogP contribution in [0.2, 0.25) is 0 Å². The molecule has 0 unspecified atom stereocenters. The summed E-state index contributed by atoms with van der Waals surface area (Å²) in [5.41, 5.74) is 3.43. The van der Waals surface area contributed by atoms with Crippen molar-refractivity contribution in [2.24, 2.45) is 0 Å². The number of unbranched alkanes of at least 4 members (excludes halogenated alkanes) is 10. The Kier molecular flexibility index (Phi) is 14.8. The normalized spacial score (nSPS) is 11.4. The first-order valence-electron chi connectivity index (χ1n) is 17.8. The van der Waals surface area contributed by atoms with Crippen LogP contribution in [0.4, 0.5) is 0 Å². The molecule has 0 saturated carbocycles. The molecule has 2 nitrogen and oxygen atoms in total. The van der Waals surface area contributed by atoms with E-state index < -0.39 is 0 Å². The third-order valence-corrected chi connectivity index (χ3v) is 14.8. The average molecular weight is 735 g/mol. The molecule has 0 atom stereocenters. The van der Waals surface area contributed by atoms with E-state index in [2.05, 4.69) is 74.3 Å². The summed E-state index contributed by atoms with van der Waals surface area (Å²) in [5.74, 6) is -0.332. The second-order valence-corrected chi connectivity index (χ2v) is 18.0. The number of esters is 1. The van der Waals surface area contributed by atoms with Gasteiger partial charge in [0.25, 0.3) is 0 Å². The quantitative estimate of drug-likeness (QED) is 0.0426. The van der Waals surface area contributed by atoms with Gasteiger partial charge in [0, 0.05) is 49.5 Å². The Hall–Kier alpha value is -2.29. The van der Waals surface area contributed by atoms with Crippen LogP contribution in [-0.2, 0) is 29.0 Å². The lowest BCUT2D eigenvalue weighted by atomic mass is 10.0. The number of hydrogen-bond donors (Lipinski definition) is 0. The molecule has 0 aromatic carbocycles. The van der Waals surface area contributed by atoms with E-state index in [1.807, 2.05) is 45.3 Å². The molecule has 256 valence electrons. The lowest BCUT2D eigenvalue weighted by molar-refractivity contribution is -0.140.